The maximum Gasteiger partial charge on any atom is 0.158 e. The van der Waals surface area contributed by atoms with Crippen molar-refractivity contribution in [1.29, 1.82) is 0 Å². The van der Waals surface area contributed by atoms with Crippen LogP contribution in [0.2, 0.25) is 0 Å². The van der Waals surface area contributed by atoms with E-state index in [4.69, 9.17) is 9.47 Å². The van der Waals surface area contributed by atoms with Gasteiger partial charge < -0.3 is 20.1 Å². The average Bonchev–Trinajstić information content (AvgIpc) is 3.54. The molecule has 5 aromatic rings. The summed E-state index contributed by atoms with van der Waals surface area (Å²) in [5, 5.41) is 16.9. The summed E-state index contributed by atoms with van der Waals surface area (Å²) in [6.07, 6.45) is 5.48. The lowest BCUT2D eigenvalue weighted by molar-refractivity contribution is -0.0355. The summed E-state index contributed by atoms with van der Waals surface area (Å²) in [6.45, 7) is 5.60. The van der Waals surface area contributed by atoms with Gasteiger partial charge >= 0.3 is 0 Å². The number of nitrogens with zero attached hydrogens (tertiary/aromatic N) is 5. The fraction of sp³-hybridized carbons (Fsp3) is 0.296. The quantitative estimate of drug-likeness (QED) is 0.346. The van der Waals surface area contributed by atoms with E-state index < -0.39 is 0 Å². The van der Waals surface area contributed by atoms with Gasteiger partial charge in [0.25, 0.3) is 0 Å². The Kier molecular flexibility index (Phi) is 6.33. The molecule has 2 N–H and O–H groups in total. The number of anilines is 2. The Morgan fingerprint density at radius 2 is 2.08 bits per heavy atom. The van der Waals surface area contributed by atoms with Gasteiger partial charge in [-0.15, -0.1) is 0 Å². The van der Waals surface area contributed by atoms with E-state index in [1.165, 1.54) is 5.56 Å². The summed E-state index contributed by atoms with van der Waals surface area (Å²) >= 11 is 0. The van der Waals surface area contributed by atoms with E-state index in [2.05, 4.69) is 79.9 Å². The van der Waals surface area contributed by atoms with Crippen LogP contribution in [0.5, 0.6) is 0 Å². The summed E-state index contributed by atoms with van der Waals surface area (Å²) in [7, 11) is 0. The highest BCUT2D eigenvalue weighted by Crippen LogP contribution is 2.28. The molecule has 2 atom stereocenters. The van der Waals surface area contributed by atoms with Crippen molar-refractivity contribution in [2.45, 2.75) is 25.7 Å². The zero-order valence-electron chi connectivity index (χ0n) is 20.2. The van der Waals surface area contributed by atoms with Gasteiger partial charge in [-0.1, -0.05) is 30.3 Å². The molecule has 184 valence electrons. The third-order valence-electron chi connectivity index (χ3n) is 6.61. The Morgan fingerprint density at radius 3 is 2.94 bits per heavy atom. The zero-order chi connectivity index (χ0) is 24.3. The molecule has 9 heteroatoms. The largest absolute Gasteiger partial charge is 0.374 e. The second-order valence-electron chi connectivity index (χ2n) is 9.03. The van der Waals surface area contributed by atoms with Crippen molar-refractivity contribution in [3.05, 3.63) is 84.4 Å². The van der Waals surface area contributed by atoms with Crippen LogP contribution in [0.3, 0.4) is 0 Å². The Bertz CT molecular complexity index is 1460. The minimum Gasteiger partial charge on any atom is -0.374 e. The van der Waals surface area contributed by atoms with Gasteiger partial charge in [-0.2, -0.15) is 10.2 Å². The Hall–Kier alpha value is -3.79. The normalized spacial score (nSPS) is 17.0. The smallest absolute Gasteiger partial charge is 0.158 e. The highest BCUT2D eigenvalue weighted by atomic mass is 16.5. The van der Waals surface area contributed by atoms with E-state index in [0.29, 0.717) is 13.2 Å². The molecule has 1 fully saturated rings. The summed E-state index contributed by atoms with van der Waals surface area (Å²) < 4.78 is 15.6. The van der Waals surface area contributed by atoms with Gasteiger partial charge in [-0.3, -0.25) is 4.68 Å². The number of hydrogen-bond donors (Lipinski definition) is 2. The molecule has 1 aliphatic rings. The summed E-state index contributed by atoms with van der Waals surface area (Å²) in [5.74, 6) is 0.730. The minimum atomic E-state index is 0.0822. The van der Waals surface area contributed by atoms with Crippen molar-refractivity contribution in [3.8, 4) is 0 Å². The standard InChI is InChI=1S/C27H29N7O2/c1-19(20-5-3-2-4-6-20)34-25-8-7-23(13-22(25)14-30-34)32-27-26-21(9-11-33(26)31-18-29-27)16-35-17-24-15-28-10-12-36-24/h2-9,11,13-14,18-19,24,28H,10,12,15-17H2,1H3,(H,29,31,32)/t19-,24+/m1/s1. The van der Waals surface area contributed by atoms with Crippen LogP contribution in [0, 0.1) is 0 Å². The van der Waals surface area contributed by atoms with E-state index in [-0.39, 0.29) is 12.1 Å². The summed E-state index contributed by atoms with van der Waals surface area (Å²) in [6, 6.07) is 18.8. The van der Waals surface area contributed by atoms with E-state index in [0.717, 1.165) is 53.2 Å². The molecule has 4 heterocycles. The van der Waals surface area contributed by atoms with Crippen molar-refractivity contribution in [2.24, 2.45) is 0 Å². The molecule has 2 aromatic carbocycles. The number of aromatic nitrogens is 5. The molecular weight excluding hydrogens is 454 g/mol. The number of fused-ring (bicyclic) bond motifs is 2. The molecule has 9 nitrogen and oxygen atoms in total. The van der Waals surface area contributed by atoms with Crippen molar-refractivity contribution in [2.75, 3.05) is 31.6 Å². The topological polar surface area (TPSA) is 90.5 Å². The number of morpholine rings is 1. The first kappa shape index (κ1) is 22.7. The van der Waals surface area contributed by atoms with Crippen molar-refractivity contribution >= 4 is 27.9 Å². The average molecular weight is 484 g/mol. The first-order valence-electron chi connectivity index (χ1n) is 12.3. The molecule has 1 aliphatic heterocycles. The second kappa shape index (κ2) is 10.1. The number of nitrogens with one attached hydrogen (secondary N) is 2. The molecule has 0 radical (unpaired) electrons. The van der Waals surface area contributed by atoms with Crippen molar-refractivity contribution < 1.29 is 9.47 Å². The third-order valence-corrected chi connectivity index (χ3v) is 6.61. The van der Waals surface area contributed by atoms with Gasteiger partial charge in [0.15, 0.2) is 5.82 Å². The number of rotatable bonds is 8. The summed E-state index contributed by atoms with van der Waals surface area (Å²) in [4.78, 5) is 4.53. The second-order valence-corrected chi connectivity index (χ2v) is 9.03. The molecule has 3 aromatic heterocycles. The molecule has 0 unspecified atom stereocenters. The van der Waals surface area contributed by atoms with Gasteiger partial charge in [-0.05, 0) is 36.8 Å². The van der Waals surface area contributed by atoms with Crippen LogP contribution < -0.4 is 10.6 Å². The number of ether oxygens (including phenoxy) is 2. The van der Waals surface area contributed by atoms with Crippen LogP contribution in [0.25, 0.3) is 16.4 Å². The predicted octanol–water partition coefficient (Wildman–Crippen LogP) is 3.94. The maximum atomic E-state index is 5.98. The predicted molar refractivity (Wildman–Crippen MR) is 139 cm³/mol. The molecule has 0 bridgehead atoms. The Balaban J connectivity index is 1.22. The highest BCUT2D eigenvalue weighted by molar-refractivity contribution is 5.85. The number of benzene rings is 2. The first-order valence-corrected chi connectivity index (χ1v) is 12.3. The van der Waals surface area contributed by atoms with Crippen LogP contribution in [0.1, 0.15) is 24.1 Å². The van der Waals surface area contributed by atoms with E-state index >= 15 is 0 Å². The first-order chi connectivity index (χ1) is 17.8. The zero-order valence-corrected chi connectivity index (χ0v) is 20.2. The van der Waals surface area contributed by atoms with Crippen LogP contribution in [-0.4, -0.2) is 56.8 Å². The molecule has 0 saturated carbocycles. The van der Waals surface area contributed by atoms with Gasteiger partial charge in [-0.25, -0.2) is 9.50 Å². The minimum absolute atomic E-state index is 0.0822. The maximum absolute atomic E-state index is 5.98. The lowest BCUT2D eigenvalue weighted by Gasteiger charge is -2.23. The van der Waals surface area contributed by atoms with Crippen LogP contribution >= 0.6 is 0 Å². The van der Waals surface area contributed by atoms with Crippen LogP contribution in [-0.2, 0) is 16.1 Å². The van der Waals surface area contributed by atoms with Crippen LogP contribution in [0.15, 0.2) is 73.3 Å². The molecule has 0 aliphatic carbocycles. The molecule has 1 saturated heterocycles. The van der Waals surface area contributed by atoms with Gasteiger partial charge in [0, 0.05) is 35.9 Å². The lowest BCUT2D eigenvalue weighted by atomic mass is 10.1. The van der Waals surface area contributed by atoms with E-state index in [1.54, 1.807) is 6.33 Å². The van der Waals surface area contributed by atoms with Gasteiger partial charge in [0.2, 0.25) is 0 Å². The molecule has 0 amide bonds. The SMILES string of the molecule is C[C@H](c1ccccc1)n1ncc2cc(Nc3ncnn4ccc(COC[C@@H]5CNCCO5)c34)ccc21. The summed E-state index contributed by atoms with van der Waals surface area (Å²) in [5.41, 5.74) is 5.16. The molecule has 6 rings (SSSR count). The number of hydrogen-bond acceptors (Lipinski definition) is 7. The van der Waals surface area contributed by atoms with Crippen LogP contribution in [0.4, 0.5) is 11.5 Å². The van der Waals surface area contributed by atoms with Gasteiger partial charge in [0.05, 0.1) is 43.7 Å². The van der Waals surface area contributed by atoms with E-state index in [1.807, 2.05) is 29.0 Å². The Labute approximate surface area is 209 Å². The molecule has 0 spiro atoms. The highest BCUT2D eigenvalue weighted by Gasteiger charge is 2.16. The Morgan fingerprint density at radius 1 is 1.17 bits per heavy atom. The molecular formula is C27H29N7O2. The van der Waals surface area contributed by atoms with Crippen molar-refractivity contribution in [3.63, 3.8) is 0 Å². The lowest BCUT2D eigenvalue weighted by Crippen LogP contribution is -2.40. The van der Waals surface area contributed by atoms with E-state index in [9.17, 15) is 0 Å². The fourth-order valence-corrected chi connectivity index (χ4v) is 4.70. The van der Waals surface area contributed by atoms with Crippen molar-refractivity contribution in [1.82, 2.24) is 29.7 Å². The monoisotopic (exact) mass is 483 g/mol. The third kappa shape index (κ3) is 4.56. The molecule has 36 heavy (non-hydrogen) atoms. The van der Waals surface area contributed by atoms with Gasteiger partial charge in [0.1, 0.15) is 11.8 Å². The fourth-order valence-electron chi connectivity index (χ4n) is 4.70.